The van der Waals surface area contributed by atoms with Gasteiger partial charge in [-0.15, -0.1) is 0 Å². The van der Waals surface area contributed by atoms with Gasteiger partial charge in [-0.1, -0.05) is 36.9 Å². The molecule has 0 aliphatic rings. The van der Waals surface area contributed by atoms with Crippen molar-refractivity contribution in [1.82, 2.24) is 19.7 Å². The Morgan fingerprint density at radius 1 is 1.15 bits per heavy atom. The molecule has 1 heterocycles. The van der Waals surface area contributed by atoms with Crippen molar-refractivity contribution < 1.29 is 9.53 Å². The maximum absolute atomic E-state index is 12.6. The minimum atomic E-state index is -0.0192. The first-order valence-electron chi connectivity index (χ1n) is 8.65. The van der Waals surface area contributed by atoms with Gasteiger partial charge in [-0.05, 0) is 35.4 Å². The minimum absolute atomic E-state index is 0.0192. The van der Waals surface area contributed by atoms with Gasteiger partial charge in [0.25, 0.3) is 5.91 Å². The van der Waals surface area contributed by atoms with Crippen molar-refractivity contribution in [1.29, 1.82) is 0 Å². The number of hydrogen-bond acceptors (Lipinski definition) is 4. The molecule has 0 saturated carbocycles. The lowest BCUT2D eigenvalue weighted by molar-refractivity contribution is 0.0785. The van der Waals surface area contributed by atoms with Crippen LogP contribution >= 0.6 is 0 Å². The molecule has 0 aliphatic heterocycles. The highest BCUT2D eigenvalue weighted by atomic mass is 16.5. The van der Waals surface area contributed by atoms with E-state index >= 15 is 0 Å². The lowest BCUT2D eigenvalue weighted by atomic mass is 10.1. The summed E-state index contributed by atoms with van der Waals surface area (Å²) in [6, 6.07) is 15.3. The van der Waals surface area contributed by atoms with E-state index in [1.54, 1.807) is 29.0 Å². The Morgan fingerprint density at radius 3 is 2.48 bits per heavy atom. The van der Waals surface area contributed by atoms with Gasteiger partial charge >= 0.3 is 0 Å². The number of rotatable bonds is 8. The maximum atomic E-state index is 12.6. The van der Waals surface area contributed by atoms with E-state index in [9.17, 15) is 4.79 Å². The Balaban J connectivity index is 1.58. The van der Waals surface area contributed by atoms with Gasteiger partial charge in [0.05, 0.1) is 6.54 Å². The van der Waals surface area contributed by atoms with E-state index < -0.39 is 0 Å². The second kappa shape index (κ2) is 8.80. The van der Waals surface area contributed by atoms with Crippen LogP contribution in [0.15, 0.2) is 73.8 Å². The molecule has 0 unspecified atom stereocenters. The Morgan fingerprint density at radius 2 is 1.85 bits per heavy atom. The van der Waals surface area contributed by atoms with Crippen molar-refractivity contribution in [2.45, 2.75) is 13.1 Å². The predicted molar refractivity (Wildman–Crippen MR) is 103 cm³/mol. The molecule has 0 atom stereocenters. The fourth-order valence-electron chi connectivity index (χ4n) is 2.67. The predicted octanol–water partition coefficient (Wildman–Crippen LogP) is 3.16. The molecule has 0 saturated heterocycles. The molecule has 1 amide bonds. The van der Waals surface area contributed by atoms with Gasteiger partial charge in [-0.3, -0.25) is 4.79 Å². The molecule has 0 N–H and O–H groups in total. The Labute approximate surface area is 158 Å². The molecule has 0 bridgehead atoms. The van der Waals surface area contributed by atoms with Crippen molar-refractivity contribution in [3.8, 4) is 5.75 Å². The summed E-state index contributed by atoms with van der Waals surface area (Å²) in [7, 11) is 1.80. The number of ether oxygens (including phenoxy) is 1. The fraction of sp³-hybridized carbons (Fsp3) is 0.190. The summed E-state index contributed by atoms with van der Waals surface area (Å²) in [5.41, 5.74) is 2.76. The molecule has 1 aromatic heterocycles. The smallest absolute Gasteiger partial charge is 0.253 e. The first kappa shape index (κ1) is 18.4. The van der Waals surface area contributed by atoms with Crippen LogP contribution in [0.3, 0.4) is 0 Å². The quantitative estimate of drug-likeness (QED) is 0.578. The molecule has 6 heteroatoms. The fourth-order valence-corrected chi connectivity index (χ4v) is 2.67. The Hall–Kier alpha value is -3.41. The molecular weight excluding hydrogens is 340 g/mol. The van der Waals surface area contributed by atoms with Crippen molar-refractivity contribution in [2.75, 3.05) is 13.7 Å². The summed E-state index contributed by atoms with van der Waals surface area (Å²) in [5.74, 6) is 0.768. The Kier molecular flexibility index (Phi) is 5.99. The first-order chi connectivity index (χ1) is 13.2. The van der Waals surface area contributed by atoms with E-state index in [-0.39, 0.29) is 5.91 Å². The summed E-state index contributed by atoms with van der Waals surface area (Å²) < 4.78 is 7.21. The van der Waals surface area contributed by atoms with Gasteiger partial charge in [-0.25, -0.2) is 9.67 Å². The largest absolute Gasteiger partial charge is 0.490 e. The number of benzene rings is 2. The van der Waals surface area contributed by atoms with Crippen LogP contribution in [-0.4, -0.2) is 39.2 Å². The van der Waals surface area contributed by atoms with Crippen LogP contribution < -0.4 is 4.74 Å². The summed E-state index contributed by atoms with van der Waals surface area (Å²) in [4.78, 5) is 18.3. The highest BCUT2D eigenvalue weighted by Gasteiger charge is 2.12. The number of carbonyl (C=O) groups is 1. The van der Waals surface area contributed by atoms with Crippen molar-refractivity contribution in [3.63, 3.8) is 0 Å². The van der Waals surface area contributed by atoms with Crippen LogP contribution in [0.25, 0.3) is 0 Å². The lowest BCUT2D eigenvalue weighted by Crippen LogP contribution is -2.26. The zero-order valence-corrected chi connectivity index (χ0v) is 15.3. The van der Waals surface area contributed by atoms with E-state index in [1.165, 1.54) is 6.33 Å². The van der Waals surface area contributed by atoms with Crippen LogP contribution in [0.5, 0.6) is 5.75 Å². The van der Waals surface area contributed by atoms with Gasteiger partial charge in [-0.2, -0.15) is 5.10 Å². The molecule has 0 aliphatic carbocycles. The third kappa shape index (κ3) is 5.04. The number of amides is 1. The topological polar surface area (TPSA) is 60.2 Å². The lowest BCUT2D eigenvalue weighted by Gasteiger charge is -2.18. The summed E-state index contributed by atoms with van der Waals surface area (Å²) in [5, 5.41) is 4.08. The SMILES string of the molecule is C=CCOc1ccc(CN(C)C(=O)c2ccc(Cn3cncn3)cc2)cc1. The van der Waals surface area contributed by atoms with Gasteiger partial charge < -0.3 is 9.64 Å². The highest BCUT2D eigenvalue weighted by molar-refractivity contribution is 5.94. The molecule has 3 rings (SSSR count). The van der Waals surface area contributed by atoms with Crippen molar-refractivity contribution in [3.05, 3.63) is 90.5 Å². The van der Waals surface area contributed by atoms with E-state index in [0.29, 0.717) is 25.3 Å². The Bertz CT molecular complexity index is 872. The van der Waals surface area contributed by atoms with Crippen LogP contribution in [0, 0.1) is 0 Å². The zero-order valence-electron chi connectivity index (χ0n) is 15.3. The molecule has 27 heavy (non-hydrogen) atoms. The number of nitrogens with zero attached hydrogens (tertiary/aromatic N) is 4. The van der Waals surface area contributed by atoms with Gasteiger partial charge in [0.1, 0.15) is 25.0 Å². The summed E-state index contributed by atoms with van der Waals surface area (Å²) in [6.07, 6.45) is 4.88. The second-order valence-electron chi connectivity index (χ2n) is 6.19. The minimum Gasteiger partial charge on any atom is -0.490 e. The molecule has 0 fully saturated rings. The number of hydrogen-bond donors (Lipinski definition) is 0. The van der Waals surface area contributed by atoms with Crippen LogP contribution in [0.1, 0.15) is 21.5 Å². The zero-order chi connectivity index (χ0) is 19.1. The molecule has 6 nitrogen and oxygen atoms in total. The van der Waals surface area contributed by atoms with E-state index in [4.69, 9.17) is 4.74 Å². The van der Waals surface area contributed by atoms with E-state index in [0.717, 1.165) is 16.9 Å². The molecule has 0 radical (unpaired) electrons. The third-order valence-corrected chi connectivity index (χ3v) is 4.07. The van der Waals surface area contributed by atoms with Gasteiger partial charge in [0, 0.05) is 19.2 Å². The van der Waals surface area contributed by atoms with Gasteiger partial charge in [0.2, 0.25) is 0 Å². The number of aromatic nitrogens is 3. The monoisotopic (exact) mass is 362 g/mol. The maximum Gasteiger partial charge on any atom is 0.253 e. The molecule has 138 valence electrons. The highest BCUT2D eigenvalue weighted by Crippen LogP contribution is 2.15. The molecule has 2 aromatic carbocycles. The molecular formula is C21H22N4O2. The summed E-state index contributed by atoms with van der Waals surface area (Å²) >= 11 is 0. The van der Waals surface area contributed by atoms with Crippen LogP contribution in [0.4, 0.5) is 0 Å². The normalized spacial score (nSPS) is 10.4. The summed E-state index contributed by atoms with van der Waals surface area (Å²) in [6.45, 7) is 5.26. The van der Waals surface area contributed by atoms with Crippen molar-refractivity contribution in [2.24, 2.45) is 0 Å². The van der Waals surface area contributed by atoms with E-state index in [1.807, 2.05) is 48.5 Å². The standard InChI is InChI=1S/C21H22N4O2/c1-3-12-27-20-10-6-17(7-11-20)13-24(2)21(26)19-8-4-18(5-9-19)14-25-16-22-15-23-25/h3-11,15-16H,1,12-14H2,2H3. The average molecular weight is 362 g/mol. The molecule has 0 spiro atoms. The number of carbonyl (C=O) groups excluding carboxylic acids is 1. The average Bonchev–Trinajstić information content (AvgIpc) is 3.20. The van der Waals surface area contributed by atoms with Crippen LogP contribution in [-0.2, 0) is 13.1 Å². The first-order valence-corrected chi connectivity index (χ1v) is 8.65. The second-order valence-corrected chi connectivity index (χ2v) is 6.19. The van der Waals surface area contributed by atoms with Crippen molar-refractivity contribution >= 4 is 5.91 Å². The molecule has 3 aromatic rings. The van der Waals surface area contributed by atoms with Crippen LogP contribution in [0.2, 0.25) is 0 Å². The van der Waals surface area contributed by atoms with Gasteiger partial charge in [0.15, 0.2) is 0 Å². The third-order valence-electron chi connectivity index (χ3n) is 4.07. The van der Waals surface area contributed by atoms with E-state index in [2.05, 4.69) is 16.7 Å².